The first-order chi connectivity index (χ1) is 14.6. The molecule has 1 unspecified atom stereocenters. The van der Waals surface area contributed by atoms with E-state index in [2.05, 4.69) is 27.9 Å². The molecule has 3 rings (SSSR count). The van der Waals surface area contributed by atoms with Crippen molar-refractivity contribution in [3.8, 4) is 11.3 Å². The van der Waals surface area contributed by atoms with E-state index in [-0.39, 0.29) is 12.3 Å². The van der Waals surface area contributed by atoms with E-state index in [9.17, 15) is 14.7 Å². The normalized spacial score (nSPS) is 12.7. The molecule has 1 amide bonds. The van der Waals surface area contributed by atoms with Crippen LogP contribution in [0.15, 0.2) is 73.2 Å². The summed E-state index contributed by atoms with van der Waals surface area (Å²) < 4.78 is 0. The van der Waals surface area contributed by atoms with Gasteiger partial charge in [0.2, 0.25) is 5.91 Å². The van der Waals surface area contributed by atoms with Crippen molar-refractivity contribution in [2.75, 3.05) is 5.75 Å². The van der Waals surface area contributed by atoms with Crippen molar-refractivity contribution in [3.63, 3.8) is 0 Å². The molecule has 1 heterocycles. The first-order valence-corrected chi connectivity index (χ1v) is 10.2. The SMILES string of the molecule is O=C(N[C@@H](Cc1ccc(-c2cnccn2)cc1)C(=O)O)C(CS)Cc1ccccc1. The number of nitrogens with zero attached hydrogens (tertiary/aromatic N) is 2. The van der Waals surface area contributed by atoms with Crippen LogP contribution >= 0.6 is 12.6 Å². The summed E-state index contributed by atoms with van der Waals surface area (Å²) in [5.74, 6) is -1.45. The van der Waals surface area contributed by atoms with E-state index in [1.165, 1.54) is 0 Å². The van der Waals surface area contributed by atoms with E-state index in [0.717, 1.165) is 22.4 Å². The van der Waals surface area contributed by atoms with Crippen molar-refractivity contribution in [1.29, 1.82) is 0 Å². The summed E-state index contributed by atoms with van der Waals surface area (Å²) in [5, 5.41) is 12.3. The molecule has 2 atom stereocenters. The molecule has 0 radical (unpaired) electrons. The Morgan fingerprint density at radius 1 is 0.967 bits per heavy atom. The number of amides is 1. The quantitative estimate of drug-likeness (QED) is 0.462. The fourth-order valence-corrected chi connectivity index (χ4v) is 3.42. The zero-order valence-corrected chi connectivity index (χ0v) is 17.2. The Kier molecular flexibility index (Phi) is 7.57. The lowest BCUT2D eigenvalue weighted by Crippen LogP contribution is -2.45. The van der Waals surface area contributed by atoms with Crippen LogP contribution in [-0.2, 0) is 22.4 Å². The van der Waals surface area contributed by atoms with Crippen LogP contribution in [0.4, 0.5) is 0 Å². The minimum atomic E-state index is -1.07. The molecule has 0 saturated heterocycles. The lowest BCUT2D eigenvalue weighted by atomic mass is 9.98. The summed E-state index contributed by atoms with van der Waals surface area (Å²) in [4.78, 5) is 32.7. The Hall–Kier alpha value is -3.19. The molecule has 3 aromatic rings. The maximum Gasteiger partial charge on any atom is 0.326 e. The van der Waals surface area contributed by atoms with Gasteiger partial charge in [0.25, 0.3) is 0 Å². The van der Waals surface area contributed by atoms with Gasteiger partial charge in [-0.15, -0.1) is 0 Å². The zero-order chi connectivity index (χ0) is 21.3. The summed E-state index contributed by atoms with van der Waals surface area (Å²) in [6.45, 7) is 0. The molecule has 0 saturated carbocycles. The predicted octanol–water partition coefficient (Wildman–Crippen LogP) is 3.04. The Bertz CT molecular complexity index is 966. The lowest BCUT2D eigenvalue weighted by molar-refractivity contribution is -0.142. The number of carbonyl (C=O) groups excluding carboxylic acids is 1. The number of rotatable bonds is 9. The summed E-state index contributed by atoms with van der Waals surface area (Å²) in [7, 11) is 0. The van der Waals surface area contributed by atoms with Gasteiger partial charge in [0.05, 0.1) is 17.8 Å². The number of aliphatic carboxylic acids is 1. The van der Waals surface area contributed by atoms with Crippen LogP contribution in [-0.4, -0.2) is 38.7 Å². The summed E-state index contributed by atoms with van der Waals surface area (Å²) >= 11 is 4.29. The molecule has 0 bridgehead atoms. The van der Waals surface area contributed by atoms with Crippen LogP contribution in [0.3, 0.4) is 0 Å². The van der Waals surface area contributed by atoms with Gasteiger partial charge in [-0.1, -0.05) is 54.6 Å². The average molecular weight is 422 g/mol. The van der Waals surface area contributed by atoms with Crippen LogP contribution in [0.25, 0.3) is 11.3 Å². The van der Waals surface area contributed by atoms with Gasteiger partial charge >= 0.3 is 5.97 Å². The summed E-state index contributed by atoms with van der Waals surface area (Å²) in [6, 6.07) is 16.0. The van der Waals surface area contributed by atoms with E-state index >= 15 is 0 Å². The first-order valence-electron chi connectivity index (χ1n) is 9.60. The van der Waals surface area contributed by atoms with Gasteiger partial charge in [-0.05, 0) is 17.5 Å². The molecule has 0 spiro atoms. The van der Waals surface area contributed by atoms with Gasteiger partial charge < -0.3 is 10.4 Å². The van der Waals surface area contributed by atoms with Crippen molar-refractivity contribution >= 4 is 24.5 Å². The lowest BCUT2D eigenvalue weighted by Gasteiger charge is -2.19. The molecule has 0 aliphatic rings. The maximum atomic E-state index is 12.7. The second kappa shape index (κ2) is 10.5. The third-order valence-electron chi connectivity index (χ3n) is 4.78. The highest BCUT2D eigenvalue weighted by atomic mass is 32.1. The number of carbonyl (C=O) groups is 2. The molecular weight excluding hydrogens is 398 g/mol. The molecule has 6 nitrogen and oxygen atoms in total. The molecular formula is C23H23N3O3S. The minimum absolute atomic E-state index is 0.187. The van der Waals surface area contributed by atoms with Crippen molar-refractivity contribution in [3.05, 3.63) is 84.3 Å². The molecule has 2 aromatic carbocycles. The van der Waals surface area contributed by atoms with Crippen LogP contribution in [0.2, 0.25) is 0 Å². The van der Waals surface area contributed by atoms with Crippen LogP contribution in [0.5, 0.6) is 0 Å². The van der Waals surface area contributed by atoms with E-state index in [4.69, 9.17) is 0 Å². The van der Waals surface area contributed by atoms with Crippen molar-refractivity contribution < 1.29 is 14.7 Å². The van der Waals surface area contributed by atoms with Gasteiger partial charge in [0, 0.05) is 30.1 Å². The van der Waals surface area contributed by atoms with Crippen LogP contribution < -0.4 is 5.32 Å². The van der Waals surface area contributed by atoms with Crippen LogP contribution in [0, 0.1) is 5.92 Å². The van der Waals surface area contributed by atoms with E-state index in [1.807, 2.05) is 54.6 Å². The first kappa shape index (κ1) is 21.5. The van der Waals surface area contributed by atoms with Gasteiger partial charge in [0.1, 0.15) is 6.04 Å². The second-order valence-corrected chi connectivity index (χ2v) is 7.33. The molecule has 0 aliphatic heterocycles. The number of carboxylic acid groups (broad SMARTS) is 1. The highest BCUT2D eigenvalue weighted by molar-refractivity contribution is 7.80. The molecule has 30 heavy (non-hydrogen) atoms. The van der Waals surface area contributed by atoms with E-state index in [1.54, 1.807) is 18.6 Å². The maximum absolute atomic E-state index is 12.7. The zero-order valence-electron chi connectivity index (χ0n) is 16.3. The van der Waals surface area contributed by atoms with Gasteiger partial charge in [0.15, 0.2) is 0 Å². The van der Waals surface area contributed by atoms with Crippen molar-refractivity contribution in [2.24, 2.45) is 5.92 Å². The smallest absolute Gasteiger partial charge is 0.326 e. The van der Waals surface area contributed by atoms with Crippen molar-refractivity contribution in [1.82, 2.24) is 15.3 Å². The summed E-state index contributed by atoms with van der Waals surface area (Å²) in [5.41, 5.74) is 3.45. The fourth-order valence-electron chi connectivity index (χ4n) is 3.12. The number of hydrogen-bond donors (Lipinski definition) is 3. The molecule has 2 N–H and O–H groups in total. The molecule has 154 valence electrons. The number of thiol groups is 1. The van der Waals surface area contributed by atoms with Crippen LogP contribution in [0.1, 0.15) is 11.1 Å². The predicted molar refractivity (Wildman–Crippen MR) is 118 cm³/mol. The van der Waals surface area contributed by atoms with E-state index < -0.39 is 17.9 Å². The number of hydrogen-bond acceptors (Lipinski definition) is 5. The number of nitrogens with one attached hydrogen (secondary N) is 1. The Morgan fingerprint density at radius 3 is 2.27 bits per heavy atom. The number of carboxylic acids is 1. The third-order valence-corrected chi connectivity index (χ3v) is 5.22. The molecule has 7 heteroatoms. The molecule has 0 aliphatic carbocycles. The fraction of sp³-hybridized carbons (Fsp3) is 0.217. The topological polar surface area (TPSA) is 92.2 Å². The van der Waals surface area contributed by atoms with Gasteiger partial charge in [-0.2, -0.15) is 12.6 Å². The second-order valence-electron chi connectivity index (χ2n) is 6.96. The average Bonchev–Trinajstić information content (AvgIpc) is 2.78. The number of benzene rings is 2. The Labute approximate surface area is 180 Å². The molecule has 0 fully saturated rings. The third kappa shape index (κ3) is 5.90. The van der Waals surface area contributed by atoms with Crippen molar-refractivity contribution in [2.45, 2.75) is 18.9 Å². The Morgan fingerprint density at radius 2 is 1.67 bits per heavy atom. The highest BCUT2D eigenvalue weighted by Gasteiger charge is 2.25. The monoisotopic (exact) mass is 421 g/mol. The minimum Gasteiger partial charge on any atom is -0.480 e. The van der Waals surface area contributed by atoms with Gasteiger partial charge in [-0.25, -0.2) is 4.79 Å². The highest BCUT2D eigenvalue weighted by Crippen LogP contribution is 2.17. The van der Waals surface area contributed by atoms with E-state index in [0.29, 0.717) is 12.2 Å². The largest absolute Gasteiger partial charge is 0.480 e. The summed E-state index contributed by atoms with van der Waals surface area (Å²) in [6.07, 6.45) is 5.59. The standard InChI is InChI=1S/C23H23N3O3S/c27-22(19(15-30)12-16-4-2-1-3-5-16)26-20(23(28)29)13-17-6-8-18(9-7-17)21-14-24-10-11-25-21/h1-11,14,19-20,30H,12-13,15H2,(H,26,27)(H,28,29)/t19?,20-/m0/s1. The number of aromatic nitrogens is 2. The molecule has 1 aromatic heterocycles. The Balaban J connectivity index is 1.65. The van der Waals surface area contributed by atoms with Gasteiger partial charge in [-0.3, -0.25) is 14.8 Å².